The number of hydrogen-bond acceptors (Lipinski definition) is 7. The van der Waals surface area contributed by atoms with E-state index in [9.17, 15) is 18.0 Å². The van der Waals surface area contributed by atoms with E-state index in [1.165, 1.54) is 18.2 Å². The number of carbonyl (C=O) groups excluding carboxylic acids is 1. The minimum atomic E-state index is -3.87. The number of hydrogen-bond donors (Lipinski definition) is 2. The van der Waals surface area contributed by atoms with E-state index in [0.717, 1.165) is 18.2 Å². The van der Waals surface area contributed by atoms with E-state index in [1.807, 2.05) is 19.1 Å². The summed E-state index contributed by atoms with van der Waals surface area (Å²) < 4.78 is 26.4. The maximum absolute atomic E-state index is 12.9. The number of aryl methyl sites for hydroxylation is 1. The number of anilines is 1. The number of aromatic nitrogens is 4. The second kappa shape index (κ2) is 8.73. The third kappa shape index (κ3) is 4.24. The van der Waals surface area contributed by atoms with Crippen LogP contribution in [0.5, 0.6) is 0 Å². The van der Waals surface area contributed by atoms with E-state index in [1.54, 1.807) is 27.2 Å². The fourth-order valence-corrected chi connectivity index (χ4v) is 4.63. The number of para-hydroxylation sites is 1. The smallest absolute Gasteiger partial charge is 0.262 e. The van der Waals surface area contributed by atoms with E-state index >= 15 is 0 Å². The second-order valence-corrected chi connectivity index (χ2v) is 9.51. The van der Waals surface area contributed by atoms with Crippen molar-refractivity contribution < 1.29 is 13.2 Å². The molecular weight excluding hydrogens is 452 g/mol. The van der Waals surface area contributed by atoms with Crippen molar-refractivity contribution in [3.8, 4) is 0 Å². The van der Waals surface area contributed by atoms with Crippen LogP contribution in [0.1, 0.15) is 13.3 Å². The maximum atomic E-state index is 12.9. The average Bonchev–Trinajstić information content (AvgIpc) is 3.19. The highest BCUT2D eigenvalue weighted by Crippen LogP contribution is 2.22. The Kier molecular flexibility index (Phi) is 6.00. The fourth-order valence-electron chi connectivity index (χ4n) is 3.33. The molecule has 4 rings (SSSR count). The third-order valence-corrected chi connectivity index (χ3v) is 6.54. The summed E-state index contributed by atoms with van der Waals surface area (Å²) in [7, 11) is -3.87. The highest BCUT2D eigenvalue weighted by Gasteiger charge is 2.17. The van der Waals surface area contributed by atoms with Gasteiger partial charge in [-0.15, -0.1) is 10.2 Å². The second-order valence-electron chi connectivity index (χ2n) is 7.00. The molecule has 2 heterocycles. The van der Waals surface area contributed by atoms with Gasteiger partial charge in [0.2, 0.25) is 21.7 Å². The van der Waals surface area contributed by atoms with Gasteiger partial charge in [0.05, 0.1) is 21.6 Å². The van der Waals surface area contributed by atoms with Crippen LogP contribution in [0.15, 0.2) is 63.4 Å². The Hall–Kier alpha value is -3.22. The van der Waals surface area contributed by atoms with Crippen molar-refractivity contribution in [2.75, 3.05) is 11.1 Å². The highest BCUT2D eigenvalue weighted by molar-refractivity contribution is 7.99. The minimum Gasteiger partial charge on any atom is -0.325 e. The van der Waals surface area contributed by atoms with Crippen LogP contribution in [-0.4, -0.2) is 39.2 Å². The number of nitrogens with two attached hydrogens (primary N) is 1. The van der Waals surface area contributed by atoms with Gasteiger partial charge in [-0.25, -0.2) is 13.6 Å². The molecule has 0 fully saturated rings. The molecule has 12 heteroatoms. The number of nitrogens with zero attached hydrogens (tertiary/aromatic N) is 4. The molecule has 0 saturated heterocycles. The first-order valence-electron chi connectivity index (χ1n) is 9.72. The van der Waals surface area contributed by atoms with Gasteiger partial charge in [-0.2, -0.15) is 0 Å². The first kappa shape index (κ1) is 22.0. The zero-order valence-electron chi connectivity index (χ0n) is 17.1. The summed E-state index contributed by atoms with van der Waals surface area (Å²) in [5.74, 6) is 0.0607. The molecule has 1 amide bonds. The first-order chi connectivity index (χ1) is 15.3. The Morgan fingerprint density at radius 2 is 1.94 bits per heavy atom. The summed E-state index contributed by atoms with van der Waals surface area (Å²) in [5.41, 5.74) is 0.843. The quantitative estimate of drug-likeness (QED) is 0.391. The van der Waals surface area contributed by atoms with Gasteiger partial charge in [-0.3, -0.25) is 18.6 Å². The summed E-state index contributed by atoms with van der Waals surface area (Å²) in [6.07, 6.45) is 0.753. The van der Waals surface area contributed by atoms with E-state index < -0.39 is 10.0 Å². The third-order valence-electron chi connectivity index (χ3n) is 4.70. The van der Waals surface area contributed by atoms with Gasteiger partial charge in [-0.05, 0) is 36.8 Å². The number of rotatable bonds is 7. The van der Waals surface area contributed by atoms with E-state index in [0.29, 0.717) is 34.1 Å². The van der Waals surface area contributed by atoms with Crippen LogP contribution in [0.25, 0.3) is 16.7 Å². The van der Waals surface area contributed by atoms with Gasteiger partial charge in [0.25, 0.3) is 5.56 Å². The van der Waals surface area contributed by atoms with E-state index in [4.69, 9.17) is 5.14 Å². The molecule has 2 aromatic heterocycles. The number of sulfonamides is 1. The van der Waals surface area contributed by atoms with Crippen LogP contribution < -0.4 is 16.0 Å². The lowest BCUT2D eigenvalue weighted by molar-refractivity contribution is -0.113. The van der Waals surface area contributed by atoms with Gasteiger partial charge < -0.3 is 5.32 Å². The standard InChI is InChI=1S/C20H20N6O4S2/c1-2-10-25-18(28)15-8-3-4-9-16(15)26-19(25)23-24-20(26)31-12-17(27)22-13-6-5-7-14(11-13)32(21,29)30/h3-9,11H,2,10,12H2,1H3,(H,22,27)(H2,21,29,30). The normalized spacial score (nSPS) is 11.8. The monoisotopic (exact) mass is 472 g/mol. The molecule has 0 unspecified atom stereocenters. The summed E-state index contributed by atoms with van der Waals surface area (Å²) >= 11 is 1.16. The van der Waals surface area contributed by atoms with Crippen molar-refractivity contribution in [1.29, 1.82) is 0 Å². The van der Waals surface area contributed by atoms with Gasteiger partial charge in [-0.1, -0.05) is 36.9 Å². The van der Waals surface area contributed by atoms with Crippen LogP contribution in [0.3, 0.4) is 0 Å². The fraction of sp³-hybridized carbons (Fsp3) is 0.200. The van der Waals surface area contributed by atoms with Gasteiger partial charge in [0, 0.05) is 12.2 Å². The Labute approximate surface area is 187 Å². The number of amides is 1. The molecule has 0 radical (unpaired) electrons. The van der Waals surface area contributed by atoms with E-state index in [-0.39, 0.29) is 22.1 Å². The van der Waals surface area contributed by atoms with Crippen molar-refractivity contribution in [3.63, 3.8) is 0 Å². The lowest BCUT2D eigenvalue weighted by atomic mass is 10.2. The molecule has 3 N–H and O–H groups in total. The lowest BCUT2D eigenvalue weighted by Gasteiger charge is -2.10. The maximum Gasteiger partial charge on any atom is 0.262 e. The van der Waals surface area contributed by atoms with Gasteiger partial charge >= 0.3 is 0 Å². The molecule has 10 nitrogen and oxygen atoms in total. The minimum absolute atomic E-state index is 0.00161. The Morgan fingerprint density at radius 3 is 2.69 bits per heavy atom. The van der Waals surface area contributed by atoms with Crippen molar-refractivity contribution in [2.24, 2.45) is 5.14 Å². The van der Waals surface area contributed by atoms with Gasteiger partial charge in [0.15, 0.2) is 5.16 Å². The molecule has 0 saturated carbocycles. The summed E-state index contributed by atoms with van der Waals surface area (Å²) in [6, 6.07) is 12.9. The largest absolute Gasteiger partial charge is 0.325 e. The molecule has 0 bridgehead atoms. The van der Waals surface area contributed by atoms with Gasteiger partial charge in [0.1, 0.15) is 0 Å². The first-order valence-corrected chi connectivity index (χ1v) is 12.2. The number of benzene rings is 2. The molecule has 0 atom stereocenters. The van der Waals surface area contributed by atoms with Crippen molar-refractivity contribution in [2.45, 2.75) is 29.9 Å². The number of nitrogens with one attached hydrogen (secondary N) is 1. The number of primary sulfonamides is 1. The molecular formula is C20H20N6O4S2. The summed E-state index contributed by atoms with van der Waals surface area (Å²) in [5, 5.41) is 17.2. The van der Waals surface area contributed by atoms with Crippen molar-refractivity contribution in [1.82, 2.24) is 19.2 Å². The lowest BCUT2D eigenvalue weighted by Crippen LogP contribution is -2.23. The molecule has 2 aromatic carbocycles. The van der Waals surface area contributed by atoms with Crippen LogP contribution >= 0.6 is 11.8 Å². The average molecular weight is 473 g/mol. The Bertz CT molecular complexity index is 1490. The Balaban J connectivity index is 1.62. The summed E-state index contributed by atoms with van der Waals surface area (Å²) in [4.78, 5) is 25.2. The van der Waals surface area contributed by atoms with Crippen LogP contribution in [0.2, 0.25) is 0 Å². The SMILES string of the molecule is CCCn1c(=O)c2ccccc2n2c(SCC(=O)Nc3cccc(S(N)(=O)=O)c3)nnc12. The molecule has 0 spiro atoms. The molecule has 166 valence electrons. The predicted octanol–water partition coefficient (Wildman–Crippen LogP) is 1.83. The van der Waals surface area contributed by atoms with Crippen LogP contribution in [0, 0.1) is 0 Å². The topological polar surface area (TPSA) is 141 Å². The number of carbonyl (C=O) groups is 1. The zero-order chi connectivity index (χ0) is 22.9. The van der Waals surface area contributed by atoms with E-state index in [2.05, 4.69) is 15.5 Å². The zero-order valence-corrected chi connectivity index (χ0v) is 18.7. The molecule has 0 aliphatic heterocycles. The molecule has 32 heavy (non-hydrogen) atoms. The Morgan fingerprint density at radius 1 is 1.16 bits per heavy atom. The predicted molar refractivity (Wildman–Crippen MR) is 122 cm³/mol. The number of thioether (sulfide) groups is 1. The van der Waals surface area contributed by atoms with Crippen molar-refractivity contribution in [3.05, 3.63) is 58.9 Å². The molecule has 4 aromatic rings. The van der Waals surface area contributed by atoms with Crippen LogP contribution in [-0.2, 0) is 21.4 Å². The molecule has 0 aliphatic carbocycles. The number of fused-ring (bicyclic) bond motifs is 3. The molecule has 0 aliphatic rings. The van der Waals surface area contributed by atoms with Crippen LogP contribution in [0.4, 0.5) is 5.69 Å². The summed E-state index contributed by atoms with van der Waals surface area (Å²) in [6.45, 7) is 2.47. The van der Waals surface area contributed by atoms with Crippen molar-refractivity contribution >= 4 is 50.1 Å². The highest BCUT2D eigenvalue weighted by atomic mass is 32.2.